The van der Waals surface area contributed by atoms with Crippen LogP contribution in [0.3, 0.4) is 0 Å². The van der Waals surface area contributed by atoms with Crippen molar-refractivity contribution in [1.82, 2.24) is 9.78 Å². The Kier molecular flexibility index (Phi) is 6.06. The minimum atomic E-state index is 0.620. The Bertz CT molecular complexity index is 990. The van der Waals surface area contributed by atoms with Crippen LogP contribution >= 0.6 is 11.6 Å². The fourth-order valence-electron chi connectivity index (χ4n) is 2.62. The molecule has 0 atom stereocenters. The molecule has 0 aliphatic rings. The summed E-state index contributed by atoms with van der Waals surface area (Å²) in [4.78, 5) is 0. The van der Waals surface area contributed by atoms with Crippen molar-refractivity contribution in [3.63, 3.8) is 0 Å². The molecule has 0 bridgehead atoms. The van der Waals surface area contributed by atoms with E-state index in [0.717, 1.165) is 11.3 Å². The van der Waals surface area contributed by atoms with Gasteiger partial charge in [-0.3, -0.25) is 0 Å². The maximum Gasteiger partial charge on any atom is 0.225 e. The van der Waals surface area contributed by atoms with E-state index >= 15 is 0 Å². The molecule has 0 saturated heterocycles. The second-order valence-electron chi connectivity index (χ2n) is 6.10. The summed E-state index contributed by atoms with van der Waals surface area (Å²) in [6.07, 6.45) is 1.74. The highest BCUT2D eigenvalue weighted by Gasteiger charge is 2.12. The van der Waals surface area contributed by atoms with Crippen LogP contribution in [0.2, 0.25) is 0 Å². The third kappa shape index (κ3) is 4.56. The molecule has 0 saturated carbocycles. The first kappa shape index (κ1) is 19.6. The Hall–Kier alpha value is -3.18. The third-order valence-corrected chi connectivity index (χ3v) is 4.26. The minimum Gasteiger partial charge on any atom is -0.461 e. The van der Waals surface area contributed by atoms with Crippen molar-refractivity contribution in [3.05, 3.63) is 77.7 Å². The van der Waals surface area contributed by atoms with Gasteiger partial charge in [-0.1, -0.05) is 24.3 Å². The number of rotatable bonds is 7. The van der Waals surface area contributed by atoms with Gasteiger partial charge in [0, 0.05) is 12.6 Å². The van der Waals surface area contributed by atoms with E-state index in [1.807, 2.05) is 62.5 Å². The fourth-order valence-corrected chi connectivity index (χ4v) is 2.66. The number of hydrogen-bond acceptors (Lipinski definition) is 4. The van der Waals surface area contributed by atoms with Gasteiger partial charge < -0.3 is 14.2 Å². The molecular weight excluding hydrogens is 376 g/mol. The summed E-state index contributed by atoms with van der Waals surface area (Å²) in [7, 11) is 1.84. The van der Waals surface area contributed by atoms with Crippen molar-refractivity contribution in [2.45, 2.75) is 13.8 Å². The highest BCUT2D eigenvalue weighted by molar-refractivity contribution is 6.25. The van der Waals surface area contributed by atoms with Crippen LogP contribution < -0.4 is 14.2 Å². The van der Waals surface area contributed by atoms with Gasteiger partial charge in [-0.15, -0.1) is 0 Å². The lowest BCUT2D eigenvalue weighted by atomic mass is 10.2. The fraction of sp³-hybridized carbons (Fsp3) is 0.136. The van der Waals surface area contributed by atoms with Gasteiger partial charge in [-0.25, -0.2) is 4.68 Å². The van der Waals surface area contributed by atoms with Gasteiger partial charge in [-0.2, -0.15) is 5.10 Å². The molecule has 0 aliphatic heterocycles. The van der Waals surface area contributed by atoms with E-state index in [2.05, 4.69) is 11.7 Å². The molecule has 0 fully saturated rings. The molecule has 0 radical (unpaired) electrons. The zero-order valence-corrected chi connectivity index (χ0v) is 16.7. The molecule has 144 valence electrons. The van der Waals surface area contributed by atoms with Crippen LogP contribution in [-0.4, -0.2) is 9.78 Å². The van der Waals surface area contributed by atoms with Crippen LogP contribution in [0.5, 0.6) is 28.9 Å². The van der Waals surface area contributed by atoms with Gasteiger partial charge in [0.2, 0.25) is 5.88 Å². The highest BCUT2D eigenvalue weighted by Crippen LogP contribution is 2.30. The molecule has 0 amide bonds. The Morgan fingerprint density at radius 3 is 1.96 bits per heavy atom. The van der Waals surface area contributed by atoms with Crippen LogP contribution in [0.15, 0.2) is 66.4 Å². The lowest BCUT2D eigenvalue weighted by Crippen LogP contribution is -1.96. The molecule has 28 heavy (non-hydrogen) atoms. The summed E-state index contributed by atoms with van der Waals surface area (Å²) in [5.74, 6) is 4.04. The number of benzene rings is 2. The molecule has 0 spiro atoms. The van der Waals surface area contributed by atoms with Crippen molar-refractivity contribution in [2.24, 2.45) is 7.05 Å². The smallest absolute Gasteiger partial charge is 0.225 e. The first-order valence-electron chi connectivity index (χ1n) is 8.67. The van der Waals surface area contributed by atoms with E-state index < -0.39 is 0 Å². The predicted octanol–water partition coefficient (Wildman–Crippen LogP) is 6.44. The molecule has 2 aromatic carbocycles. The number of hydrogen-bond donors (Lipinski definition) is 0. The molecule has 3 aromatic rings. The van der Waals surface area contributed by atoms with E-state index in [0.29, 0.717) is 34.6 Å². The summed E-state index contributed by atoms with van der Waals surface area (Å²) in [6, 6.07) is 14.7. The first-order valence-corrected chi connectivity index (χ1v) is 9.10. The van der Waals surface area contributed by atoms with Crippen LogP contribution in [0.1, 0.15) is 18.2 Å². The summed E-state index contributed by atoms with van der Waals surface area (Å²) in [5.41, 5.74) is 3.14. The zero-order valence-electron chi connectivity index (χ0n) is 16.0. The molecule has 0 aliphatic carbocycles. The van der Waals surface area contributed by atoms with Crippen molar-refractivity contribution in [1.29, 1.82) is 0 Å². The first-order chi connectivity index (χ1) is 13.5. The maximum absolute atomic E-state index is 5.96. The van der Waals surface area contributed by atoms with Crippen molar-refractivity contribution >= 4 is 17.7 Å². The lowest BCUT2D eigenvalue weighted by Gasteiger charge is -2.10. The molecule has 0 N–H and O–H groups in total. The summed E-state index contributed by atoms with van der Waals surface area (Å²) in [5, 5.41) is 4.36. The lowest BCUT2D eigenvalue weighted by molar-refractivity contribution is 0.425. The number of aryl methyl sites for hydroxylation is 2. The quantitative estimate of drug-likeness (QED) is 0.431. The summed E-state index contributed by atoms with van der Waals surface area (Å²) in [6.45, 7) is 7.53. The van der Waals surface area contributed by atoms with Gasteiger partial charge >= 0.3 is 0 Å². The summed E-state index contributed by atoms with van der Waals surface area (Å²) < 4.78 is 19.0. The predicted molar refractivity (Wildman–Crippen MR) is 111 cm³/mol. The van der Waals surface area contributed by atoms with E-state index in [4.69, 9.17) is 25.8 Å². The molecule has 1 aromatic heterocycles. The van der Waals surface area contributed by atoms with Crippen LogP contribution in [0, 0.1) is 6.92 Å². The Morgan fingerprint density at radius 2 is 1.46 bits per heavy atom. The average molecular weight is 397 g/mol. The standard InChI is InChI=1S/C22H21ClN2O3/c1-5-21-16(3)24-25(4)22(21)28-20-12-10-19(11-13-20)27-18-8-6-17(7-9-18)26-15(2)14-23/h5-14H,1H2,2-4H3/b15-14+. The monoisotopic (exact) mass is 396 g/mol. The minimum absolute atomic E-state index is 0.620. The van der Waals surface area contributed by atoms with Crippen molar-refractivity contribution < 1.29 is 14.2 Å². The molecule has 6 heteroatoms. The van der Waals surface area contributed by atoms with Gasteiger partial charge in [0.25, 0.3) is 0 Å². The van der Waals surface area contributed by atoms with Gasteiger partial charge in [0.1, 0.15) is 28.8 Å². The summed E-state index contributed by atoms with van der Waals surface area (Å²) >= 11 is 5.60. The second kappa shape index (κ2) is 8.67. The number of aromatic nitrogens is 2. The number of nitrogens with zero attached hydrogens (tertiary/aromatic N) is 2. The van der Waals surface area contributed by atoms with Crippen LogP contribution in [0.25, 0.3) is 6.08 Å². The topological polar surface area (TPSA) is 45.5 Å². The maximum atomic E-state index is 5.96. The third-order valence-electron chi connectivity index (χ3n) is 3.95. The average Bonchev–Trinajstić information content (AvgIpc) is 2.97. The van der Waals surface area contributed by atoms with Gasteiger partial charge in [0.05, 0.1) is 11.3 Å². The second-order valence-corrected chi connectivity index (χ2v) is 6.32. The molecular formula is C22H21ClN2O3. The number of halogens is 1. The van der Waals surface area contributed by atoms with Crippen molar-refractivity contribution in [2.75, 3.05) is 0 Å². The van der Waals surface area contributed by atoms with E-state index in [1.165, 1.54) is 5.54 Å². The van der Waals surface area contributed by atoms with Crippen LogP contribution in [-0.2, 0) is 7.05 Å². The molecule has 0 unspecified atom stereocenters. The van der Waals surface area contributed by atoms with E-state index in [-0.39, 0.29) is 0 Å². The Morgan fingerprint density at radius 1 is 0.964 bits per heavy atom. The molecule has 5 nitrogen and oxygen atoms in total. The van der Waals surface area contributed by atoms with Crippen LogP contribution in [0.4, 0.5) is 0 Å². The Labute approximate surface area is 169 Å². The SMILES string of the molecule is C=Cc1c(C)nn(C)c1Oc1ccc(Oc2ccc(O/C(C)=C/Cl)cc2)cc1. The van der Waals surface area contributed by atoms with E-state index in [9.17, 15) is 0 Å². The van der Waals surface area contributed by atoms with Crippen molar-refractivity contribution in [3.8, 4) is 28.9 Å². The van der Waals surface area contributed by atoms with Gasteiger partial charge in [0.15, 0.2) is 0 Å². The normalized spacial score (nSPS) is 11.2. The molecule has 3 rings (SSSR count). The highest BCUT2D eigenvalue weighted by atomic mass is 35.5. The zero-order chi connectivity index (χ0) is 20.1. The molecule has 1 heterocycles. The number of allylic oxidation sites excluding steroid dienone is 1. The van der Waals surface area contributed by atoms with Gasteiger partial charge in [-0.05, 0) is 62.4 Å². The largest absolute Gasteiger partial charge is 0.461 e. The Balaban J connectivity index is 1.67. The number of ether oxygens (including phenoxy) is 3. The van der Waals surface area contributed by atoms with E-state index in [1.54, 1.807) is 17.7 Å².